The molecule has 6 nitrogen and oxygen atoms in total. The van der Waals surface area contributed by atoms with Crippen LogP contribution in [0.2, 0.25) is 0 Å². The van der Waals surface area contributed by atoms with Gasteiger partial charge in [-0.25, -0.2) is 4.79 Å². The van der Waals surface area contributed by atoms with Crippen LogP contribution in [0.5, 0.6) is 0 Å². The predicted molar refractivity (Wildman–Crippen MR) is 105 cm³/mol. The predicted octanol–water partition coefficient (Wildman–Crippen LogP) is 2.87. The topological polar surface area (TPSA) is 84.5 Å². The third-order valence-electron chi connectivity index (χ3n) is 3.87. The van der Waals surface area contributed by atoms with Crippen LogP contribution in [0.15, 0.2) is 12.2 Å². The van der Waals surface area contributed by atoms with Gasteiger partial charge in [0.1, 0.15) is 17.7 Å². The molecule has 0 unspecified atom stereocenters. The number of alkyl halides is 3. The molecule has 1 aliphatic rings. The maximum atomic E-state index is 12.6. The lowest BCUT2D eigenvalue weighted by Gasteiger charge is -2.27. The summed E-state index contributed by atoms with van der Waals surface area (Å²) < 4.78 is 43.1. The zero-order valence-electron chi connectivity index (χ0n) is 17.7. The van der Waals surface area contributed by atoms with Crippen molar-refractivity contribution in [1.82, 2.24) is 10.6 Å². The molecule has 9 heteroatoms. The van der Waals surface area contributed by atoms with Crippen LogP contribution in [-0.4, -0.2) is 41.6 Å². The zero-order chi connectivity index (χ0) is 23.1. The lowest BCUT2D eigenvalue weighted by Crippen LogP contribution is -2.56. The summed E-state index contributed by atoms with van der Waals surface area (Å²) in [6, 6.07) is -2.60. The van der Waals surface area contributed by atoms with Crippen molar-refractivity contribution in [2.75, 3.05) is 0 Å². The van der Waals surface area contributed by atoms with E-state index in [4.69, 9.17) is 4.74 Å². The van der Waals surface area contributed by atoms with Crippen LogP contribution in [0, 0.1) is 37.5 Å². The maximum absolute atomic E-state index is 12.6. The van der Waals surface area contributed by atoms with Gasteiger partial charge in [0.2, 0.25) is 5.91 Å². The third kappa shape index (κ3) is 9.17. The van der Waals surface area contributed by atoms with Gasteiger partial charge in [-0.1, -0.05) is 26.0 Å². The summed E-state index contributed by atoms with van der Waals surface area (Å²) in [4.78, 5) is 36.4. The fraction of sp³-hybridized carbons (Fsp3) is 0.524. The Bertz CT molecular complexity index is 633. The van der Waals surface area contributed by atoms with Crippen LogP contribution in [0.3, 0.4) is 0 Å². The number of hydrogen-bond acceptors (Lipinski definition) is 4. The van der Waals surface area contributed by atoms with Crippen LogP contribution in [-0.2, 0) is 19.1 Å². The van der Waals surface area contributed by atoms with Crippen LogP contribution >= 0.6 is 0 Å². The van der Waals surface area contributed by atoms with E-state index in [-0.39, 0.29) is 6.42 Å². The van der Waals surface area contributed by atoms with Crippen molar-refractivity contribution in [1.29, 1.82) is 0 Å². The first-order valence-corrected chi connectivity index (χ1v) is 9.50. The molecule has 5 radical (unpaired) electrons. The molecule has 0 aromatic rings. The van der Waals surface area contributed by atoms with Crippen LogP contribution in [0.1, 0.15) is 41.0 Å². The number of hydrogen-bond donors (Lipinski definition) is 2. The first-order chi connectivity index (χ1) is 13.7. The molecule has 1 rings (SSSR count). The summed E-state index contributed by atoms with van der Waals surface area (Å²) >= 11 is 0. The number of amides is 2. The van der Waals surface area contributed by atoms with E-state index < -0.39 is 47.6 Å². The molecular formula is C21H28F3N2O4. The number of carbonyl (C=O) groups is 3. The molecular weight excluding hydrogens is 401 g/mol. The standard InChI is InChI=1S/C21H28F3N2O4/c1-13(2)16(26-19(29)21(22,23)24)17(27)25-15(18(28)30-20(3,4)5)12-8-11-14-9-6-7-10-14/h6-11,13,15-16H,12H2,1-5H3,(H,25,27)(H,26,29)/b11-8+/t15-,16+/m1/s1. The molecule has 0 saturated heterocycles. The average Bonchev–Trinajstić information content (AvgIpc) is 3.08. The quantitative estimate of drug-likeness (QED) is 0.581. The molecule has 1 aliphatic carbocycles. The monoisotopic (exact) mass is 429 g/mol. The van der Waals surface area contributed by atoms with Crippen LogP contribution in [0.4, 0.5) is 13.2 Å². The zero-order valence-corrected chi connectivity index (χ0v) is 17.7. The maximum Gasteiger partial charge on any atom is 0.471 e. The Morgan fingerprint density at radius 1 is 1.07 bits per heavy atom. The van der Waals surface area contributed by atoms with E-state index in [9.17, 15) is 27.6 Å². The second-order valence-corrected chi connectivity index (χ2v) is 8.14. The van der Waals surface area contributed by atoms with Crippen molar-refractivity contribution >= 4 is 17.8 Å². The van der Waals surface area contributed by atoms with Gasteiger partial charge in [-0.2, -0.15) is 13.2 Å². The summed E-state index contributed by atoms with van der Waals surface area (Å²) in [5, 5.41) is 4.09. The van der Waals surface area contributed by atoms with Crippen molar-refractivity contribution in [3.05, 3.63) is 43.8 Å². The fourth-order valence-electron chi connectivity index (χ4n) is 2.45. The number of ether oxygens (including phenoxy) is 1. The highest BCUT2D eigenvalue weighted by Crippen LogP contribution is 2.24. The SMILES string of the molecule is CC(C)[C@H](NC(=O)C(F)(F)F)C(=O)N[C@H](C/C=C/[C]1[CH][CH][CH][CH]1)C(=O)OC(C)(C)C. The van der Waals surface area contributed by atoms with Gasteiger partial charge in [0.15, 0.2) is 0 Å². The molecule has 1 saturated carbocycles. The molecule has 2 amide bonds. The summed E-state index contributed by atoms with van der Waals surface area (Å²) in [5.41, 5.74) is -0.822. The largest absolute Gasteiger partial charge is 0.471 e. The molecule has 0 aromatic heterocycles. The molecule has 0 aromatic carbocycles. The van der Waals surface area contributed by atoms with Gasteiger partial charge in [-0.05, 0) is 58.8 Å². The highest BCUT2D eigenvalue weighted by molar-refractivity contribution is 5.92. The number of rotatable bonds is 8. The van der Waals surface area contributed by atoms with Gasteiger partial charge in [0, 0.05) is 5.92 Å². The second-order valence-electron chi connectivity index (χ2n) is 8.14. The molecule has 167 valence electrons. The van der Waals surface area contributed by atoms with E-state index in [0.29, 0.717) is 0 Å². The Morgan fingerprint density at radius 2 is 1.63 bits per heavy atom. The van der Waals surface area contributed by atoms with Gasteiger partial charge < -0.3 is 15.4 Å². The van der Waals surface area contributed by atoms with Gasteiger partial charge in [0.05, 0.1) is 0 Å². The summed E-state index contributed by atoms with van der Waals surface area (Å²) in [6.07, 6.45) is 5.70. The first kappa shape index (κ1) is 26.0. The Balaban J connectivity index is 2.90. The average molecular weight is 429 g/mol. The Morgan fingerprint density at radius 3 is 2.10 bits per heavy atom. The van der Waals surface area contributed by atoms with Gasteiger partial charge in [0.25, 0.3) is 0 Å². The van der Waals surface area contributed by atoms with Gasteiger partial charge in [-0.15, -0.1) is 0 Å². The molecule has 1 fully saturated rings. The van der Waals surface area contributed by atoms with Crippen molar-refractivity contribution in [2.45, 2.75) is 64.9 Å². The lowest BCUT2D eigenvalue weighted by molar-refractivity contribution is -0.175. The Kier molecular flexibility index (Phi) is 9.36. The minimum absolute atomic E-state index is 0.0594. The Labute approximate surface area is 176 Å². The van der Waals surface area contributed by atoms with E-state index in [2.05, 4.69) is 5.32 Å². The molecule has 2 atom stereocenters. The van der Waals surface area contributed by atoms with E-state index in [0.717, 1.165) is 5.92 Å². The van der Waals surface area contributed by atoms with Crippen LogP contribution in [0.25, 0.3) is 0 Å². The highest BCUT2D eigenvalue weighted by Gasteiger charge is 2.42. The smallest absolute Gasteiger partial charge is 0.458 e. The summed E-state index contributed by atoms with van der Waals surface area (Å²) in [6.45, 7) is 7.94. The second kappa shape index (κ2) is 10.8. The van der Waals surface area contributed by atoms with Gasteiger partial charge in [-0.3, -0.25) is 9.59 Å². The van der Waals surface area contributed by atoms with E-state index in [1.165, 1.54) is 13.8 Å². The summed E-state index contributed by atoms with van der Waals surface area (Å²) in [5.74, 6) is -3.61. The van der Waals surface area contributed by atoms with Crippen molar-refractivity contribution in [3.8, 4) is 0 Å². The summed E-state index contributed by atoms with van der Waals surface area (Å²) in [7, 11) is 0. The third-order valence-corrected chi connectivity index (χ3v) is 3.87. The fourth-order valence-corrected chi connectivity index (χ4v) is 2.45. The molecule has 0 heterocycles. The Hall–Kier alpha value is -2.06. The molecule has 30 heavy (non-hydrogen) atoms. The lowest BCUT2D eigenvalue weighted by atomic mass is 10.0. The minimum atomic E-state index is -5.12. The van der Waals surface area contributed by atoms with Crippen molar-refractivity contribution in [3.63, 3.8) is 0 Å². The van der Waals surface area contributed by atoms with Crippen molar-refractivity contribution < 1.29 is 32.3 Å². The van der Waals surface area contributed by atoms with E-state index in [1.807, 2.05) is 25.7 Å². The molecule has 0 bridgehead atoms. The molecule has 0 aliphatic heterocycles. The first-order valence-electron chi connectivity index (χ1n) is 9.50. The number of carbonyl (C=O) groups excluding carboxylic acids is 3. The van der Waals surface area contributed by atoms with Gasteiger partial charge >= 0.3 is 18.1 Å². The van der Waals surface area contributed by atoms with E-state index in [1.54, 1.807) is 38.2 Å². The van der Waals surface area contributed by atoms with E-state index >= 15 is 0 Å². The number of halogens is 3. The molecule has 0 spiro atoms. The van der Waals surface area contributed by atoms with Crippen molar-refractivity contribution in [2.24, 2.45) is 5.92 Å². The number of nitrogens with one attached hydrogen (secondary N) is 2. The van der Waals surface area contributed by atoms with Crippen LogP contribution < -0.4 is 10.6 Å². The normalized spacial score (nSPS) is 17.8. The molecule has 2 N–H and O–H groups in total. The number of allylic oxidation sites excluding steroid dienone is 1. The number of esters is 1. The minimum Gasteiger partial charge on any atom is -0.458 e. The highest BCUT2D eigenvalue weighted by atomic mass is 19.4.